The molecule has 1 saturated heterocycles. The molecule has 17 heavy (non-hydrogen) atoms. The maximum absolute atomic E-state index is 11.0. The van der Waals surface area contributed by atoms with Crippen molar-refractivity contribution in [1.29, 1.82) is 0 Å². The van der Waals surface area contributed by atoms with Gasteiger partial charge in [0.1, 0.15) is 9.84 Å². The fourth-order valence-corrected chi connectivity index (χ4v) is 2.79. The van der Waals surface area contributed by atoms with Gasteiger partial charge in [-0.1, -0.05) is 0 Å². The lowest BCUT2D eigenvalue weighted by Crippen LogP contribution is -2.44. The summed E-state index contributed by atoms with van der Waals surface area (Å²) in [5, 5.41) is 2.92. The Bertz CT molecular complexity index is 346. The average Bonchev–Trinajstić information content (AvgIpc) is 2.18. The molecule has 0 spiro atoms. The second kappa shape index (κ2) is 6.35. The standard InChI is InChI=1S/C11H22N2O3S/c1-10(14)12-11-4-7-13(8-5-11)6-3-9-17(2,15)16/h11H,3-9H2,1-2H3,(H,12,14). The lowest BCUT2D eigenvalue weighted by Gasteiger charge is -2.32. The number of carbonyl (C=O) groups excluding carboxylic acids is 1. The molecule has 0 bridgehead atoms. The molecule has 0 atom stereocenters. The van der Waals surface area contributed by atoms with Crippen molar-refractivity contribution in [3.05, 3.63) is 0 Å². The van der Waals surface area contributed by atoms with Gasteiger partial charge < -0.3 is 10.2 Å². The SMILES string of the molecule is CC(=O)NC1CCN(CCCS(C)(=O)=O)CC1. The Morgan fingerprint density at radius 1 is 1.35 bits per heavy atom. The summed E-state index contributed by atoms with van der Waals surface area (Å²) in [5.74, 6) is 0.291. The highest BCUT2D eigenvalue weighted by atomic mass is 32.2. The second-order valence-corrected chi connectivity index (χ2v) is 7.06. The number of nitrogens with zero attached hydrogens (tertiary/aromatic N) is 1. The Morgan fingerprint density at radius 3 is 2.41 bits per heavy atom. The van der Waals surface area contributed by atoms with E-state index in [0.717, 1.165) is 32.5 Å². The molecular weight excluding hydrogens is 240 g/mol. The maximum atomic E-state index is 11.0. The van der Waals surface area contributed by atoms with Gasteiger partial charge in [-0.25, -0.2) is 8.42 Å². The first kappa shape index (κ1) is 14.4. The molecule has 0 saturated carbocycles. The van der Waals surface area contributed by atoms with Gasteiger partial charge in [-0.05, 0) is 25.8 Å². The first-order chi connectivity index (χ1) is 7.87. The van der Waals surface area contributed by atoms with Crippen molar-refractivity contribution in [1.82, 2.24) is 10.2 Å². The molecule has 1 aliphatic rings. The fraction of sp³-hybridized carbons (Fsp3) is 0.909. The lowest BCUT2D eigenvalue weighted by atomic mass is 10.1. The summed E-state index contributed by atoms with van der Waals surface area (Å²) in [6.45, 7) is 4.25. The van der Waals surface area contributed by atoms with Crippen LogP contribution in [-0.2, 0) is 14.6 Å². The van der Waals surface area contributed by atoms with E-state index in [1.54, 1.807) is 6.92 Å². The van der Waals surface area contributed by atoms with Gasteiger partial charge in [-0.3, -0.25) is 4.79 Å². The van der Waals surface area contributed by atoms with E-state index in [2.05, 4.69) is 10.2 Å². The normalized spacial score (nSPS) is 19.2. The summed E-state index contributed by atoms with van der Waals surface area (Å²) in [6.07, 6.45) is 3.89. The van der Waals surface area contributed by atoms with Crippen LogP contribution in [0.4, 0.5) is 0 Å². The van der Waals surface area contributed by atoms with Gasteiger partial charge in [0, 0.05) is 32.3 Å². The number of rotatable bonds is 5. The van der Waals surface area contributed by atoms with Crippen molar-refractivity contribution in [2.45, 2.75) is 32.2 Å². The van der Waals surface area contributed by atoms with Gasteiger partial charge in [0.15, 0.2) is 0 Å². The highest BCUT2D eigenvalue weighted by Crippen LogP contribution is 2.10. The van der Waals surface area contributed by atoms with E-state index in [4.69, 9.17) is 0 Å². The van der Waals surface area contributed by atoms with Crippen LogP contribution < -0.4 is 5.32 Å². The van der Waals surface area contributed by atoms with E-state index < -0.39 is 9.84 Å². The molecule has 1 fully saturated rings. The molecule has 0 aromatic heterocycles. The molecule has 0 unspecified atom stereocenters. The largest absolute Gasteiger partial charge is 0.354 e. The zero-order valence-corrected chi connectivity index (χ0v) is 11.4. The van der Waals surface area contributed by atoms with Gasteiger partial charge in [0.05, 0.1) is 5.75 Å². The third kappa shape index (κ3) is 6.63. The number of likely N-dealkylation sites (tertiary alicyclic amines) is 1. The molecular formula is C11H22N2O3S. The second-order valence-electron chi connectivity index (χ2n) is 4.80. The van der Waals surface area contributed by atoms with Gasteiger partial charge in [0.25, 0.3) is 0 Å². The molecule has 100 valence electrons. The Kier molecular flexibility index (Phi) is 5.39. The topological polar surface area (TPSA) is 66.5 Å². The molecule has 6 heteroatoms. The van der Waals surface area contributed by atoms with Gasteiger partial charge >= 0.3 is 0 Å². The lowest BCUT2D eigenvalue weighted by molar-refractivity contribution is -0.119. The third-order valence-corrected chi connectivity index (χ3v) is 4.01. The minimum absolute atomic E-state index is 0.0283. The summed E-state index contributed by atoms with van der Waals surface area (Å²) in [7, 11) is -2.84. The summed E-state index contributed by atoms with van der Waals surface area (Å²) in [5.41, 5.74) is 0. The molecule has 0 radical (unpaired) electrons. The van der Waals surface area contributed by atoms with Crippen molar-refractivity contribution in [3.8, 4) is 0 Å². The van der Waals surface area contributed by atoms with Crippen molar-refractivity contribution in [3.63, 3.8) is 0 Å². The average molecular weight is 262 g/mol. The number of nitrogens with one attached hydrogen (secondary N) is 1. The van der Waals surface area contributed by atoms with Crippen LogP contribution in [-0.4, -0.2) is 56.9 Å². The number of sulfone groups is 1. The van der Waals surface area contributed by atoms with Crippen molar-refractivity contribution >= 4 is 15.7 Å². The van der Waals surface area contributed by atoms with Crippen LogP contribution in [0.5, 0.6) is 0 Å². The van der Waals surface area contributed by atoms with Crippen LogP contribution in [0.25, 0.3) is 0 Å². The van der Waals surface area contributed by atoms with Crippen molar-refractivity contribution < 1.29 is 13.2 Å². The van der Waals surface area contributed by atoms with Crippen molar-refractivity contribution in [2.24, 2.45) is 0 Å². The summed E-state index contributed by atoms with van der Waals surface area (Å²) in [6, 6.07) is 0.290. The van der Waals surface area contributed by atoms with Gasteiger partial charge in [-0.15, -0.1) is 0 Å². The van der Waals surface area contributed by atoms with E-state index in [9.17, 15) is 13.2 Å². The minimum Gasteiger partial charge on any atom is -0.354 e. The molecule has 1 heterocycles. The van der Waals surface area contributed by atoms with Crippen LogP contribution in [0, 0.1) is 0 Å². The predicted molar refractivity (Wildman–Crippen MR) is 67.6 cm³/mol. The molecule has 1 amide bonds. The van der Waals surface area contributed by atoms with Crippen LogP contribution in [0.15, 0.2) is 0 Å². The van der Waals surface area contributed by atoms with Gasteiger partial charge in [-0.2, -0.15) is 0 Å². The van der Waals surface area contributed by atoms with E-state index >= 15 is 0 Å². The molecule has 0 aromatic rings. The molecule has 1 rings (SSSR count). The van der Waals surface area contributed by atoms with Crippen LogP contribution in [0.3, 0.4) is 0 Å². The first-order valence-corrected chi connectivity index (χ1v) is 8.10. The fourth-order valence-electron chi connectivity index (χ4n) is 2.14. The molecule has 1 aliphatic heterocycles. The third-order valence-electron chi connectivity index (χ3n) is 2.98. The summed E-state index contributed by atoms with van der Waals surface area (Å²) in [4.78, 5) is 13.2. The highest BCUT2D eigenvalue weighted by molar-refractivity contribution is 7.90. The maximum Gasteiger partial charge on any atom is 0.217 e. The van der Waals surface area contributed by atoms with E-state index in [1.165, 1.54) is 6.26 Å². The number of carbonyl (C=O) groups is 1. The van der Waals surface area contributed by atoms with E-state index in [0.29, 0.717) is 12.5 Å². The van der Waals surface area contributed by atoms with E-state index in [1.807, 2.05) is 0 Å². The number of piperidine rings is 1. The Hall–Kier alpha value is -0.620. The Labute approximate surface area is 103 Å². The Morgan fingerprint density at radius 2 is 1.94 bits per heavy atom. The zero-order valence-electron chi connectivity index (χ0n) is 10.6. The number of hydrogen-bond acceptors (Lipinski definition) is 4. The molecule has 0 aliphatic carbocycles. The summed E-state index contributed by atoms with van der Waals surface area (Å²) < 4.78 is 22.0. The zero-order chi connectivity index (χ0) is 12.9. The molecule has 0 aromatic carbocycles. The first-order valence-electron chi connectivity index (χ1n) is 6.04. The predicted octanol–water partition coefficient (Wildman–Crippen LogP) is 0.0216. The van der Waals surface area contributed by atoms with Crippen LogP contribution in [0.1, 0.15) is 26.2 Å². The number of hydrogen-bond donors (Lipinski definition) is 1. The van der Waals surface area contributed by atoms with Crippen LogP contribution >= 0.6 is 0 Å². The van der Waals surface area contributed by atoms with Crippen molar-refractivity contribution in [2.75, 3.05) is 31.6 Å². The molecule has 1 N–H and O–H groups in total. The van der Waals surface area contributed by atoms with Crippen LogP contribution in [0.2, 0.25) is 0 Å². The quantitative estimate of drug-likeness (QED) is 0.758. The highest BCUT2D eigenvalue weighted by Gasteiger charge is 2.19. The Balaban J connectivity index is 2.17. The minimum atomic E-state index is -2.84. The number of amides is 1. The monoisotopic (exact) mass is 262 g/mol. The van der Waals surface area contributed by atoms with E-state index in [-0.39, 0.29) is 11.7 Å². The molecule has 5 nitrogen and oxygen atoms in total. The van der Waals surface area contributed by atoms with Gasteiger partial charge in [0.2, 0.25) is 5.91 Å². The smallest absolute Gasteiger partial charge is 0.217 e. The summed E-state index contributed by atoms with van der Waals surface area (Å²) >= 11 is 0.